The Bertz CT molecular complexity index is 352. The average Bonchev–Trinajstić information content (AvgIpc) is 2.87. The first-order chi connectivity index (χ1) is 8.79. The van der Waals surface area contributed by atoms with Gasteiger partial charge in [-0.2, -0.15) is 0 Å². The molecule has 1 N–H and O–H groups in total. The molecule has 1 aromatic rings. The van der Waals surface area contributed by atoms with Crippen LogP contribution in [0, 0.1) is 12.8 Å². The molecular weight excluding hydrogens is 218 g/mol. The van der Waals surface area contributed by atoms with Crippen molar-refractivity contribution in [3.8, 4) is 0 Å². The lowest BCUT2D eigenvalue weighted by Gasteiger charge is -2.20. The number of benzene rings is 1. The zero-order valence-corrected chi connectivity index (χ0v) is 11.9. The molecule has 1 nitrogen and oxygen atoms in total. The van der Waals surface area contributed by atoms with Crippen LogP contribution in [0.1, 0.15) is 62.6 Å². The molecule has 0 saturated heterocycles. The van der Waals surface area contributed by atoms with Crippen molar-refractivity contribution < 1.29 is 0 Å². The summed E-state index contributed by atoms with van der Waals surface area (Å²) in [5.41, 5.74) is 2.84. The minimum absolute atomic E-state index is 0.551. The zero-order chi connectivity index (χ0) is 12.8. The summed E-state index contributed by atoms with van der Waals surface area (Å²) >= 11 is 0. The fraction of sp³-hybridized carbons (Fsp3) is 0.647. The van der Waals surface area contributed by atoms with Gasteiger partial charge in [0, 0.05) is 6.04 Å². The van der Waals surface area contributed by atoms with Gasteiger partial charge in [-0.25, -0.2) is 0 Å². The van der Waals surface area contributed by atoms with Crippen molar-refractivity contribution in [2.75, 3.05) is 6.54 Å². The predicted octanol–water partition coefficient (Wildman–Crippen LogP) is 4.62. The number of rotatable bonds is 6. The van der Waals surface area contributed by atoms with Gasteiger partial charge in [0.25, 0.3) is 0 Å². The summed E-state index contributed by atoms with van der Waals surface area (Å²) in [6.07, 6.45) is 8.54. The molecule has 0 bridgehead atoms. The Morgan fingerprint density at radius 2 is 2.06 bits per heavy atom. The molecule has 1 atom stereocenters. The molecule has 1 heteroatoms. The quantitative estimate of drug-likeness (QED) is 0.771. The van der Waals surface area contributed by atoms with Crippen LogP contribution in [0.15, 0.2) is 24.3 Å². The Morgan fingerprint density at radius 1 is 1.28 bits per heavy atom. The van der Waals surface area contributed by atoms with E-state index in [1.54, 1.807) is 0 Å². The maximum Gasteiger partial charge on any atom is 0.0320 e. The standard InChI is InChI=1S/C17H27N/c1-3-18-17(12-11-15-8-4-5-9-15)16-10-6-7-14(2)13-16/h6-7,10,13,15,17-18H,3-5,8-9,11-12H2,1-2H3. The van der Waals surface area contributed by atoms with E-state index in [9.17, 15) is 0 Å². The second-order valence-corrected chi connectivity index (χ2v) is 5.75. The third-order valence-corrected chi connectivity index (χ3v) is 4.23. The van der Waals surface area contributed by atoms with E-state index in [1.807, 2.05) is 0 Å². The molecular formula is C17H27N. The highest BCUT2D eigenvalue weighted by molar-refractivity contribution is 5.25. The van der Waals surface area contributed by atoms with E-state index in [-0.39, 0.29) is 0 Å². The van der Waals surface area contributed by atoms with E-state index in [1.165, 1.54) is 49.7 Å². The summed E-state index contributed by atoms with van der Waals surface area (Å²) in [6, 6.07) is 9.53. The Kier molecular flexibility index (Phi) is 5.25. The monoisotopic (exact) mass is 245 g/mol. The van der Waals surface area contributed by atoms with Crippen molar-refractivity contribution in [2.24, 2.45) is 5.92 Å². The molecule has 1 aliphatic carbocycles. The van der Waals surface area contributed by atoms with Crippen LogP contribution in [0.3, 0.4) is 0 Å². The highest BCUT2D eigenvalue weighted by Crippen LogP contribution is 2.31. The summed E-state index contributed by atoms with van der Waals surface area (Å²) in [4.78, 5) is 0. The third kappa shape index (κ3) is 3.84. The van der Waals surface area contributed by atoms with E-state index in [0.717, 1.165) is 12.5 Å². The summed E-state index contributed by atoms with van der Waals surface area (Å²) in [5, 5.41) is 3.65. The molecule has 1 aliphatic rings. The Hall–Kier alpha value is -0.820. The van der Waals surface area contributed by atoms with Crippen molar-refractivity contribution in [1.29, 1.82) is 0 Å². The van der Waals surface area contributed by atoms with Crippen LogP contribution in [-0.4, -0.2) is 6.54 Å². The lowest BCUT2D eigenvalue weighted by molar-refractivity contribution is 0.417. The van der Waals surface area contributed by atoms with Crippen LogP contribution in [0.5, 0.6) is 0 Å². The highest BCUT2D eigenvalue weighted by atomic mass is 14.9. The van der Waals surface area contributed by atoms with E-state index in [4.69, 9.17) is 0 Å². The van der Waals surface area contributed by atoms with Gasteiger partial charge in [0.05, 0.1) is 0 Å². The van der Waals surface area contributed by atoms with Crippen LogP contribution in [0.25, 0.3) is 0 Å². The van der Waals surface area contributed by atoms with E-state index < -0.39 is 0 Å². The number of hydrogen-bond donors (Lipinski definition) is 1. The molecule has 2 rings (SSSR count). The molecule has 18 heavy (non-hydrogen) atoms. The van der Waals surface area contributed by atoms with Crippen LogP contribution in [0.4, 0.5) is 0 Å². The summed E-state index contributed by atoms with van der Waals surface area (Å²) in [7, 11) is 0. The minimum atomic E-state index is 0.551. The van der Waals surface area contributed by atoms with Gasteiger partial charge >= 0.3 is 0 Å². The van der Waals surface area contributed by atoms with Crippen molar-refractivity contribution in [3.05, 3.63) is 35.4 Å². The zero-order valence-electron chi connectivity index (χ0n) is 11.9. The number of nitrogens with one attached hydrogen (secondary N) is 1. The highest BCUT2D eigenvalue weighted by Gasteiger charge is 2.17. The van der Waals surface area contributed by atoms with Crippen molar-refractivity contribution in [1.82, 2.24) is 5.32 Å². The van der Waals surface area contributed by atoms with Gasteiger partial charge in [-0.1, -0.05) is 62.4 Å². The Labute approximate surface area is 112 Å². The molecule has 0 radical (unpaired) electrons. The van der Waals surface area contributed by atoms with Gasteiger partial charge in [-0.15, -0.1) is 0 Å². The molecule has 1 aromatic carbocycles. The maximum absolute atomic E-state index is 3.65. The lowest BCUT2D eigenvalue weighted by atomic mass is 9.94. The summed E-state index contributed by atoms with van der Waals surface area (Å²) < 4.78 is 0. The fourth-order valence-electron chi connectivity index (χ4n) is 3.22. The SMILES string of the molecule is CCNC(CCC1CCCC1)c1cccc(C)c1. The van der Waals surface area contributed by atoms with Crippen LogP contribution in [-0.2, 0) is 0 Å². The summed E-state index contributed by atoms with van der Waals surface area (Å²) in [5.74, 6) is 0.996. The third-order valence-electron chi connectivity index (χ3n) is 4.23. The van der Waals surface area contributed by atoms with E-state index in [2.05, 4.69) is 43.4 Å². The van der Waals surface area contributed by atoms with Gasteiger partial charge in [-0.05, 0) is 37.8 Å². The smallest absolute Gasteiger partial charge is 0.0320 e. The van der Waals surface area contributed by atoms with E-state index in [0.29, 0.717) is 6.04 Å². The van der Waals surface area contributed by atoms with Crippen LogP contribution >= 0.6 is 0 Å². The van der Waals surface area contributed by atoms with Gasteiger partial charge in [0.2, 0.25) is 0 Å². The first-order valence-corrected chi connectivity index (χ1v) is 7.59. The minimum Gasteiger partial charge on any atom is -0.310 e. The lowest BCUT2D eigenvalue weighted by Crippen LogP contribution is -2.21. The van der Waals surface area contributed by atoms with Gasteiger partial charge in [0.1, 0.15) is 0 Å². The van der Waals surface area contributed by atoms with Crippen molar-refractivity contribution in [2.45, 2.75) is 58.4 Å². The van der Waals surface area contributed by atoms with Crippen molar-refractivity contribution in [3.63, 3.8) is 0 Å². The second-order valence-electron chi connectivity index (χ2n) is 5.75. The van der Waals surface area contributed by atoms with Gasteiger partial charge in [0.15, 0.2) is 0 Å². The normalized spacial score (nSPS) is 18.1. The molecule has 0 heterocycles. The second kappa shape index (κ2) is 6.94. The Morgan fingerprint density at radius 3 is 2.72 bits per heavy atom. The van der Waals surface area contributed by atoms with Crippen LogP contribution in [0.2, 0.25) is 0 Å². The first kappa shape index (κ1) is 13.6. The topological polar surface area (TPSA) is 12.0 Å². The summed E-state index contributed by atoms with van der Waals surface area (Å²) in [6.45, 7) is 5.45. The fourth-order valence-corrected chi connectivity index (χ4v) is 3.22. The molecule has 0 amide bonds. The van der Waals surface area contributed by atoms with Gasteiger partial charge in [-0.3, -0.25) is 0 Å². The van der Waals surface area contributed by atoms with Crippen LogP contribution < -0.4 is 5.32 Å². The molecule has 0 aromatic heterocycles. The molecule has 1 fully saturated rings. The number of hydrogen-bond acceptors (Lipinski definition) is 1. The molecule has 0 spiro atoms. The molecule has 1 unspecified atom stereocenters. The first-order valence-electron chi connectivity index (χ1n) is 7.59. The van der Waals surface area contributed by atoms with Gasteiger partial charge < -0.3 is 5.32 Å². The maximum atomic E-state index is 3.65. The predicted molar refractivity (Wildman–Crippen MR) is 78.8 cm³/mol. The average molecular weight is 245 g/mol. The van der Waals surface area contributed by atoms with E-state index >= 15 is 0 Å². The van der Waals surface area contributed by atoms with Crippen molar-refractivity contribution >= 4 is 0 Å². The largest absolute Gasteiger partial charge is 0.310 e. The molecule has 1 saturated carbocycles. The number of aryl methyl sites for hydroxylation is 1. The molecule has 0 aliphatic heterocycles. The molecule has 100 valence electrons. The Balaban J connectivity index is 1.94.